The first-order chi connectivity index (χ1) is 12.5. The summed E-state index contributed by atoms with van der Waals surface area (Å²) in [7, 11) is 0. The van der Waals surface area contributed by atoms with Gasteiger partial charge in [0.1, 0.15) is 0 Å². The molecule has 1 aromatic heterocycles. The average Bonchev–Trinajstić information content (AvgIpc) is 3.17. The molecule has 0 saturated heterocycles. The molecular weight excluding hydrogens is 381 g/mol. The van der Waals surface area contributed by atoms with Crippen LogP contribution in [0.1, 0.15) is 21.6 Å². The first kappa shape index (κ1) is 19.8. The Morgan fingerprint density at radius 3 is 2.52 bits per heavy atom. The summed E-state index contributed by atoms with van der Waals surface area (Å²) in [6, 6.07) is 9.80. The van der Waals surface area contributed by atoms with E-state index >= 15 is 0 Å². The van der Waals surface area contributed by atoms with Crippen molar-refractivity contribution in [1.29, 1.82) is 0 Å². The summed E-state index contributed by atoms with van der Waals surface area (Å²) in [5.41, 5.74) is 2.67. The third kappa shape index (κ3) is 3.99. The van der Waals surface area contributed by atoms with Gasteiger partial charge in [0.15, 0.2) is 11.5 Å². The molecule has 0 spiro atoms. The summed E-state index contributed by atoms with van der Waals surface area (Å²) >= 11 is 5.79. The number of rotatable bonds is 3. The topological polar surface area (TPSA) is 77.6 Å². The number of fused-ring (bicyclic) bond motifs is 2. The van der Waals surface area contributed by atoms with Crippen molar-refractivity contribution in [2.75, 3.05) is 6.79 Å². The second-order valence-electron chi connectivity index (χ2n) is 5.92. The van der Waals surface area contributed by atoms with Crippen molar-refractivity contribution < 1.29 is 23.8 Å². The van der Waals surface area contributed by atoms with Crippen LogP contribution in [0.25, 0.3) is 10.9 Å². The minimum absolute atomic E-state index is 0. The van der Waals surface area contributed by atoms with E-state index in [1.165, 1.54) is 12.1 Å². The molecule has 1 aliphatic rings. The molecule has 2 heterocycles. The number of aromatic amines is 1. The molecule has 4 rings (SSSR count). The molecule has 0 unspecified atom stereocenters. The molecule has 3 aromatic rings. The molecule has 8 heteroatoms. The van der Waals surface area contributed by atoms with Crippen LogP contribution in [-0.4, -0.2) is 53.3 Å². The zero-order chi connectivity index (χ0) is 18.3. The molecule has 0 aliphatic carbocycles. The number of benzene rings is 2. The summed E-state index contributed by atoms with van der Waals surface area (Å²) in [4.78, 5) is 27.5. The van der Waals surface area contributed by atoms with Crippen LogP contribution in [0.4, 0.5) is 0 Å². The van der Waals surface area contributed by atoms with Crippen molar-refractivity contribution in [1.82, 2.24) is 4.98 Å². The summed E-state index contributed by atoms with van der Waals surface area (Å²) in [6.45, 7) is 2.03. The Morgan fingerprint density at radius 1 is 1.15 bits per heavy atom. The Morgan fingerprint density at radius 2 is 1.81 bits per heavy atom. The Balaban J connectivity index is 0.00000210. The first-order valence-electron chi connectivity index (χ1n) is 7.92. The van der Waals surface area contributed by atoms with Gasteiger partial charge in [0.25, 0.3) is 0 Å². The second kappa shape index (κ2) is 7.94. The van der Waals surface area contributed by atoms with E-state index in [9.17, 15) is 9.59 Å². The van der Waals surface area contributed by atoms with Gasteiger partial charge in [-0.15, -0.1) is 0 Å². The Hall–Kier alpha value is -1.99. The fourth-order valence-electron chi connectivity index (χ4n) is 2.93. The molecule has 1 aliphatic heterocycles. The van der Waals surface area contributed by atoms with Crippen molar-refractivity contribution in [3.05, 3.63) is 58.2 Å². The number of ether oxygens (including phenoxy) is 3. The van der Waals surface area contributed by atoms with Gasteiger partial charge in [-0.3, -0.25) is 4.79 Å². The number of H-pyrrole nitrogens is 1. The van der Waals surface area contributed by atoms with Gasteiger partial charge >= 0.3 is 41.5 Å². The van der Waals surface area contributed by atoms with E-state index in [2.05, 4.69) is 4.98 Å². The standard InChI is InChI=1S/C19H14ClNO5.Na.H/c1-10-13(14-6-16-17(25-9-24-16)8-15(14)21-10)7-18(22)26-19(23)11-2-4-12(20)5-3-11;;/h2-6,8,21H,7,9H2,1H3;;. The van der Waals surface area contributed by atoms with Gasteiger partial charge < -0.3 is 19.2 Å². The van der Waals surface area contributed by atoms with E-state index in [0.717, 1.165) is 22.2 Å². The van der Waals surface area contributed by atoms with Gasteiger partial charge in [-0.25, -0.2) is 4.79 Å². The van der Waals surface area contributed by atoms with E-state index in [1.807, 2.05) is 19.1 Å². The van der Waals surface area contributed by atoms with Gasteiger partial charge in [0.2, 0.25) is 6.79 Å². The van der Waals surface area contributed by atoms with Crippen LogP contribution in [-0.2, 0) is 16.0 Å². The molecule has 6 nitrogen and oxygen atoms in total. The monoisotopic (exact) mass is 395 g/mol. The number of halogens is 1. The number of aromatic nitrogens is 1. The zero-order valence-corrected chi connectivity index (χ0v) is 14.6. The van der Waals surface area contributed by atoms with Crippen LogP contribution in [0.15, 0.2) is 36.4 Å². The van der Waals surface area contributed by atoms with Crippen molar-refractivity contribution in [2.24, 2.45) is 0 Å². The number of hydrogen-bond acceptors (Lipinski definition) is 5. The summed E-state index contributed by atoms with van der Waals surface area (Å²) in [5.74, 6) is -0.0532. The fourth-order valence-corrected chi connectivity index (χ4v) is 3.06. The van der Waals surface area contributed by atoms with Crippen LogP contribution in [0, 0.1) is 6.92 Å². The van der Waals surface area contributed by atoms with Gasteiger partial charge in [-0.05, 0) is 42.8 Å². The Bertz CT molecular complexity index is 1030. The van der Waals surface area contributed by atoms with E-state index in [1.54, 1.807) is 12.1 Å². The Kier molecular flexibility index (Phi) is 5.81. The molecule has 0 fully saturated rings. The van der Waals surface area contributed by atoms with Crippen molar-refractivity contribution in [3.63, 3.8) is 0 Å². The number of hydrogen-bond donors (Lipinski definition) is 1. The molecule has 0 radical (unpaired) electrons. The minimum atomic E-state index is -0.707. The van der Waals surface area contributed by atoms with E-state index in [0.29, 0.717) is 16.5 Å². The molecule has 0 atom stereocenters. The molecular formula is C19H15ClNNaO5. The quantitative estimate of drug-likeness (QED) is 0.419. The number of nitrogens with one attached hydrogen (secondary N) is 1. The van der Waals surface area contributed by atoms with Gasteiger partial charge in [0.05, 0.1) is 12.0 Å². The summed E-state index contributed by atoms with van der Waals surface area (Å²) < 4.78 is 15.7. The molecule has 2 aromatic carbocycles. The summed E-state index contributed by atoms with van der Waals surface area (Å²) in [6.07, 6.45) is -0.0369. The van der Waals surface area contributed by atoms with Crippen LogP contribution in [0.2, 0.25) is 5.02 Å². The maximum atomic E-state index is 12.3. The number of carbonyl (C=O) groups excluding carboxylic acids is 2. The van der Waals surface area contributed by atoms with Crippen molar-refractivity contribution >= 4 is 64.0 Å². The maximum absolute atomic E-state index is 12.3. The van der Waals surface area contributed by atoms with Crippen LogP contribution in [0.5, 0.6) is 11.5 Å². The molecule has 27 heavy (non-hydrogen) atoms. The van der Waals surface area contributed by atoms with Gasteiger partial charge in [0, 0.05) is 27.7 Å². The normalized spacial score (nSPS) is 11.9. The third-order valence-corrected chi connectivity index (χ3v) is 4.47. The predicted molar refractivity (Wildman–Crippen MR) is 102 cm³/mol. The second-order valence-corrected chi connectivity index (χ2v) is 6.36. The molecule has 0 bridgehead atoms. The molecule has 1 N–H and O–H groups in total. The third-order valence-electron chi connectivity index (χ3n) is 4.22. The van der Waals surface area contributed by atoms with Crippen LogP contribution in [0.3, 0.4) is 0 Å². The predicted octanol–water partition coefficient (Wildman–Crippen LogP) is 3.14. The first-order valence-corrected chi connectivity index (χ1v) is 8.30. The molecule has 0 amide bonds. The summed E-state index contributed by atoms with van der Waals surface area (Å²) in [5, 5.41) is 1.34. The van der Waals surface area contributed by atoms with Gasteiger partial charge in [-0.1, -0.05) is 11.6 Å². The molecule has 0 saturated carbocycles. The van der Waals surface area contributed by atoms with E-state index < -0.39 is 11.9 Å². The van der Waals surface area contributed by atoms with Crippen molar-refractivity contribution in [2.45, 2.75) is 13.3 Å². The van der Waals surface area contributed by atoms with E-state index in [4.69, 9.17) is 25.8 Å². The number of aryl methyl sites for hydroxylation is 1. The molecule has 134 valence electrons. The van der Waals surface area contributed by atoms with Crippen molar-refractivity contribution in [3.8, 4) is 11.5 Å². The van der Waals surface area contributed by atoms with Crippen LogP contribution < -0.4 is 9.47 Å². The Labute approximate surface area is 182 Å². The SMILES string of the molecule is Cc1[nH]c2cc3c(cc2c1CC(=O)OC(=O)c1ccc(Cl)cc1)OCO3.[NaH]. The van der Waals surface area contributed by atoms with Gasteiger partial charge in [-0.2, -0.15) is 0 Å². The average molecular weight is 396 g/mol. The van der Waals surface area contributed by atoms with E-state index in [-0.39, 0.29) is 48.3 Å². The van der Waals surface area contributed by atoms with Crippen LogP contribution >= 0.6 is 11.6 Å². The zero-order valence-electron chi connectivity index (χ0n) is 13.8. The fraction of sp³-hybridized carbons (Fsp3) is 0.158. The number of esters is 2. The number of carbonyl (C=O) groups is 2.